The second kappa shape index (κ2) is 3.74. The molecule has 1 heterocycles. The number of thiophene rings is 1. The van der Waals surface area contributed by atoms with Crippen LogP contribution in [0.1, 0.15) is 23.6 Å². The molecule has 70 valence electrons. The average Bonchev–Trinajstić information content (AvgIpc) is 2.30. The smallest absolute Gasteiger partial charge is 0.211 e. The number of halogens is 1. The lowest BCUT2D eigenvalue weighted by molar-refractivity contribution is 0.527. The summed E-state index contributed by atoms with van der Waals surface area (Å²) in [6, 6.07) is 2.03. The Morgan fingerprint density at radius 2 is 2.23 bits per heavy atom. The van der Waals surface area contributed by atoms with Crippen LogP contribution in [0.3, 0.4) is 0 Å². The summed E-state index contributed by atoms with van der Waals surface area (Å²) in [5, 5.41) is 0. The molecule has 0 saturated carbocycles. The third-order valence-corrected chi connectivity index (χ3v) is 3.94. The van der Waals surface area contributed by atoms with Crippen LogP contribution in [-0.2, 0) is 10.3 Å². The van der Waals surface area contributed by atoms with Gasteiger partial charge >= 0.3 is 0 Å². The third kappa shape index (κ3) is 2.27. The summed E-state index contributed by atoms with van der Waals surface area (Å²) in [7, 11) is 0. The van der Waals surface area contributed by atoms with Crippen LogP contribution in [0.15, 0.2) is 15.5 Å². The first-order chi connectivity index (χ1) is 5.97. The van der Waals surface area contributed by atoms with Crippen molar-refractivity contribution in [2.45, 2.75) is 26.3 Å². The van der Waals surface area contributed by atoms with E-state index in [2.05, 4.69) is 20.9 Å². The molecule has 0 spiro atoms. The van der Waals surface area contributed by atoms with Gasteiger partial charge in [0.05, 0.1) is 0 Å². The van der Waals surface area contributed by atoms with E-state index in [1.54, 1.807) is 17.4 Å². The van der Waals surface area contributed by atoms with Gasteiger partial charge < -0.3 is 0 Å². The van der Waals surface area contributed by atoms with E-state index in [9.17, 15) is 4.79 Å². The minimum Gasteiger partial charge on any atom is -0.211 e. The van der Waals surface area contributed by atoms with Crippen molar-refractivity contribution in [3.8, 4) is 0 Å². The normalized spacial score (nSPS) is 11.1. The Balaban J connectivity index is 3.20. The number of hydrogen-bond donors (Lipinski definition) is 0. The maximum atomic E-state index is 10.2. The zero-order valence-corrected chi connectivity index (χ0v) is 10.1. The van der Waals surface area contributed by atoms with E-state index < -0.39 is 5.54 Å². The minimum atomic E-state index is -0.473. The Morgan fingerprint density at radius 3 is 2.62 bits per heavy atom. The maximum absolute atomic E-state index is 10.2. The fraction of sp³-hybridized carbons (Fsp3) is 0.444. The molecular formula is C9H10BrNOS. The van der Waals surface area contributed by atoms with Gasteiger partial charge in [0, 0.05) is 14.2 Å². The van der Waals surface area contributed by atoms with Crippen LogP contribution in [0.2, 0.25) is 0 Å². The van der Waals surface area contributed by atoms with Gasteiger partial charge in [0.25, 0.3) is 0 Å². The molecule has 0 aliphatic rings. The van der Waals surface area contributed by atoms with Crippen molar-refractivity contribution in [2.75, 3.05) is 0 Å². The van der Waals surface area contributed by atoms with E-state index in [0.717, 1.165) is 9.35 Å². The lowest BCUT2D eigenvalue weighted by Crippen LogP contribution is -2.11. The molecule has 2 nitrogen and oxygen atoms in total. The van der Waals surface area contributed by atoms with Crippen molar-refractivity contribution >= 4 is 33.3 Å². The van der Waals surface area contributed by atoms with Crippen molar-refractivity contribution in [2.24, 2.45) is 4.99 Å². The topological polar surface area (TPSA) is 29.4 Å². The van der Waals surface area contributed by atoms with Crippen LogP contribution in [0.4, 0.5) is 0 Å². The van der Waals surface area contributed by atoms with Crippen molar-refractivity contribution < 1.29 is 4.79 Å². The van der Waals surface area contributed by atoms with Gasteiger partial charge in [-0.05, 0) is 42.8 Å². The van der Waals surface area contributed by atoms with Gasteiger partial charge in [0.2, 0.25) is 6.08 Å². The van der Waals surface area contributed by atoms with Crippen molar-refractivity contribution in [3.05, 3.63) is 20.3 Å². The van der Waals surface area contributed by atoms with Crippen LogP contribution < -0.4 is 0 Å². The number of aryl methyl sites for hydroxylation is 1. The highest BCUT2D eigenvalue weighted by Gasteiger charge is 2.24. The number of isocyanates is 1. The summed E-state index contributed by atoms with van der Waals surface area (Å²) in [5.41, 5.74) is -0.473. The van der Waals surface area contributed by atoms with Gasteiger partial charge in [-0.25, -0.2) is 4.79 Å². The van der Waals surface area contributed by atoms with Crippen LogP contribution >= 0.6 is 27.3 Å². The van der Waals surface area contributed by atoms with Gasteiger partial charge in [-0.15, -0.1) is 11.3 Å². The monoisotopic (exact) mass is 259 g/mol. The Morgan fingerprint density at radius 1 is 1.62 bits per heavy atom. The molecule has 0 aliphatic heterocycles. The molecule has 0 saturated heterocycles. The number of nitrogens with zero attached hydrogens (tertiary/aromatic N) is 1. The molecule has 4 heteroatoms. The quantitative estimate of drug-likeness (QED) is 0.592. The first kappa shape index (κ1) is 10.6. The van der Waals surface area contributed by atoms with E-state index in [0.29, 0.717) is 0 Å². The zero-order valence-electron chi connectivity index (χ0n) is 7.72. The predicted molar refractivity (Wildman–Crippen MR) is 57.9 cm³/mol. The second-order valence-corrected chi connectivity index (χ2v) is 5.41. The van der Waals surface area contributed by atoms with Crippen LogP contribution in [0.5, 0.6) is 0 Å². The molecule has 1 rings (SSSR count). The summed E-state index contributed by atoms with van der Waals surface area (Å²) in [6.07, 6.45) is 1.60. The molecule has 0 N–H and O–H groups in total. The average molecular weight is 260 g/mol. The van der Waals surface area contributed by atoms with Gasteiger partial charge in [-0.2, -0.15) is 4.99 Å². The summed E-state index contributed by atoms with van der Waals surface area (Å²) < 4.78 is 1.01. The highest BCUT2D eigenvalue weighted by molar-refractivity contribution is 9.10. The lowest BCUT2D eigenvalue weighted by Gasteiger charge is -2.15. The van der Waals surface area contributed by atoms with Crippen LogP contribution in [0, 0.1) is 6.92 Å². The number of aliphatic imine (C=N–C) groups is 1. The van der Waals surface area contributed by atoms with E-state index in [1.807, 2.05) is 26.8 Å². The molecule has 0 bridgehead atoms. The number of rotatable bonds is 2. The molecule has 1 aromatic heterocycles. The van der Waals surface area contributed by atoms with E-state index >= 15 is 0 Å². The predicted octanol–water partition coefficient (Wildman–Crippen LogP) is 3.39. The number of carbonyl (C=O) groups excluding carboxylic acids is 1. The fourth-order valence-electron chi connectivity index (χ4n) is 1.07. The summed E-state index contributed by atoms with van der Waals surface area (Å²) in [4.78, 5) is 16.3. The molecule has 0 radical (unpaired) electrons. The van der Waals surface area contributed by atoms with Gasteiger partial charge in [-0.3, -0.25) is 0 Å². The minimum absolute atomic E-state index is 0.473. The molecule has 0 amide bonds. The van der Waals surface area contributed by atoms with Crippen molar-refractivity contribution in [1.82, 2.24) is 0 Å². The highest BCUT2D eigenvalue weighted by Crippen LogP contribution is 2.37. The van der Waals surface area contributed by atoms with Crippen LogP contribution in [-0.4, -0.2) is 6.08 Å². The number of hydrogen-bond acceptors (Lipinski definition) is 3. The first-order valence-electron chi connectivity index (χ1n) is 3.83. The largest absolute Gasteiger partial charge is 0.235 e. The summed E-state index contributed by atoms with van der Waals surface area (Å²) in [6.45, 7) is 5.82. The molecule has 0 aliphatic carbocycles. The van der Waals surface area contributed by atoms with Crippen LogP contribution in [0.25, 0.3) is 0 Å². The van der Waals surface area contributed by atoms with E-state index in [1.165, 1.54) is 4.88 Å². The van der Waals surface area contributed by atoms with E-state index in [-0.39, 0.29) is 0 Å². The molecule has 13 heavy (non-hydrogen) atoms. The molecule has 0 unspecified atom stereocenters. The lowest BCUT2D eigenvalue weighted by atomic mass is 10.1. The zero-order chi connectivity index (χ0) is 10.1. The Bertz CT molecular complexity index is 364. The molecule has 0 fully saturated rings. The van der Waals surface area contributed by atoms with Crippen molar-refractivity contribution in [3.63, 3.8) is 0 Å². The summed E-state index contributed by atoms with van der Waals surface area (Å²) in [5.74, 6) is 0. The van der Waals surface area contributed by atoms with Gasteiger partial charge in [0.15, 0.2) is 0 Å². The highest BCUT2D eigenvalue weighted by atomic mass is 79.9. The maximum Gasteiger partial charge on any atom is 0.235 e. The Kier molecular flexibility index (Phi) is 3.06. The SMILES string of the molecule is Cc1cc(Br)c(C(C)(C)N=C=O)s1. The Labute approximate surface area is 89.8 Å². The van der Waals surface area contributed by atoms with Crippen molar-refractivity contribution in [1.29, 1.82) is 0 Å². The molecule has 0 aromatic carbocycles. The van der Waals surface area contributed by atoms with E-state index in [4.69, 9.17) is 0 Å². The molecule has 0 atom stereocenters. The second-order valence-electron chi connectivity index (χ2n) is 3.30. The molecular weight excluding hydrogens is 250 g/mol. The standard InChI is InChI=1S/C9H10BrNOS/c1-6-4-7(10)8(13-6)9(2,3)11-5-12/h4H,1-3H3. The molecule has 1 aromatic rings. The van der Waals surface area contributed by atoms with Gasteiger partial charge in [0.1, 0.15) is 5.54 Å². The van der Waals surface area contributed by atoms with Gasteiger partial charge in [-0.1, -0.05) is 0 Å². The first-order valence-corrected chi connectivity index (χ1v) is 5.44. The Hall–Kier alpha value is -0.440. The summed E-state index contributed by atoms with van der Waals surface area (Å²) >= 11 is 5.09. The third-order valence-electron chi connectivity index (χ3n) is 1.69. The fourth-order valence-corrected chi connectivity index (χ4v) is 3.24.